The minimum Gasteiger partial charge on any atom is -0.506 e. The number of furan rings is 1. The van der Waals surface area contributed by atoms with E-state index in [0.717, 1.165) is 22.7 Å². The fourth-order valence-electron chi connectivity index (χ4n) is 2.00. The van der Waals surface area contributed by atoms with E-state index >= 15 is 0 Å². The van der Waals surface area contributed by atoms with Gasteiger partial charge in [-0.2, -0.15) is 0 Å². The van der Waals surface area contributed by atoms with Gasteiger partial charge in [-0.1, -0.05) is 12.1 Å². The fourth-order valence-corrected chi connectivity index (χ4v) is 2.94. The molecule has 0 aliphatic rings. The molecule has 4 heteroatoms. The summed E-state index contributed by atoms with van der Waals surface area (Å²) in [6.07, 6.45) is 3.39. The van der Waals surface area contributed by atoms with Crippen LogP contribution in [0.2, 0.25) is 0 Å². The van der Waals surface area contributed by atoms with E-state index in [1.165, 1.54) is 5.56 Å². The number of pyridine rings is 1. The van der Waals surface area contributed by atoms with Gasteiger partial charge in [0.05, 0.1) is 12.0 Å². The molecule has 3 aromatic rings. The molecule has 0 saturated heterocycles. The number of nitrogens with zero attached hydrogens (tertiary/aromatic N) is 1. The lowest BCUT2D eigenvalue weighted by Crippen LogP contribution is -1.87. The van der Waals surface area contributed by atoms with Gasteiger partial charge in [-0.05, 0) is 29.8 Å². The Bertz CT molecular complexity index is 680. The second-order valence-corrected chi connectivity index (χ2v) is 5.20. The highest BCUT2D eigenvalue weighted by Crippen LogP contribution is 2.28. The fraction of sp³-hybridized carbons (Fsp3) is 0.133. The molecular weight excluding hydrogens is 258 g/mol. The van der Waals surface area contributed by atoms with Crippen LogP contribution >= 0.6 is 11.8 Å². The molecule has 0 spiro atoms. The number of phenols is 1. The highest BCUT2D eigenvalue weighted by Gasteiger charge is 2.06. The second kappa shape index (κ2) is 5.36. The number of fused-ring (bicyclic) bond motifs is 1. The van der Waals surface area contributed by atoms with Crippen molar-refractivity contribution in [3.05, 3.63) is 60.2 Å². The molecule has 0 bridgehead atoms. The van der Waals surface area contributed by atoms with E-state index in [1.54, 1.807) is 30.3 Å². The first kappa shape index (κ1) is 12.1. The molecule has 19 heavy (non-hydrogen) atoms. The van der Waals surface area contributed by atoms with Crippen LogP contribution < -0.4 is 0 Å². The van der Waals surface area contributed by atoms with Crippen LogP contribution in [0.3, 0.4) is 0 Å². The molecule has 0 saturated carbocycles. The standard InChI is InChI=1S/C15H13NO2S/c17-14-6-5-11(13-4-1-7-16-15(13)14)9-19-10-12-3-2-8-18-12/h1-8,17H,9-10H2. The minimum absolute atomic E-state index is 0.232. The van der Waals surface area contributed by atoms with Crippen molar-refractivity contribution in [2.75, 3.05) is 0 Å². The quantitative estimate of drug-likeness (QED) is 0.780. The molecule has 0 aliphatic heterocycles. The summed E-state index contributed by atoms with van der Waals surface area (Å²) in [5.41, 5.74) is 1.84. The van der Waals surface area contributed by atoms with Crippen LogP contribution in [0.4, 0.5) is 0 Å². The van der Waals surface area contributed by atoms with Crippen LogP contribution in [-0.4, -0.2) is 10.1 Å². The number of aromatic nitrogens is 1. The Morgan fingerprint density at radius 1 is 1.11 bits per heavy atom. The van der Waals surface area contributed by atoms with Crippen molar-refractivity contribution in [1.82, 2.24) is 4.98 Å². The van der Waals surface area contributed by atoms with Crippen molar-refractivity contribution >= 4 is 22.7 Å². The zero-order valence-electron chi connectivity index (χ0n) is 10.2. The summed E-state index contributed by atoms with van der Waals surface area (Å²) in [6, 6.07) is 11.4. The van der Waals surface area contributed by atoms with Crippen LogP contribution in [0.15, 0.2) is 53.3 Å². The predicted molar refractivity (Wildman–Crippen MR) is 77.1 cm³/mol. The first-order chi connectivity index (χ1) is 9.34. The molecule has 1 aromatic carbocycles. The number of hydrogen-bond donors (Lipinski definition) is 1. The van der Waals surface area contributed by atoms with Gasteiger partial charge in [0.1, 0.15) is 17.0 Å². The molecule has 3 nitrogen and oxygen atoms in total. The van der Waals surface area contributed by atoms with Gasteiger partial charge < -0.3 is 9.52 Å². The average Bonchev–Trinajstić information content (AvgIpc) is 2.95. The molecule has 0 aliphatic carbocycles. The van der Waals surface area contributed by atoms with E-state index in [0.29, 0.717) is 5.52 Å². The third kappa shape index (κ3) is 2.58. The highest BCUT2D eigenvalue weighted by atomic mass is 32.2. The van der Waals surface area contributed by atoms with E-state index < -0.39 is 0 Å². The topological polar surface area (TPSA) is 46.3 Å². The maximum atomic E-state index is 9.79. The van der Waals surface area contributed by atoms with Crippen molar-refractivity contribution in [3.63, 3.8) is 0 Å². The number of phenolic OH excluding ortho intramolecular Hbond substituents is 1. The van der Waals surface area contributed by atoms with E-state index in [2.05, 4.69) is 4.98 Å². The molecule has 1 N–H and O–H groups in total. The Morgan fingerprint density at radius 2 is 2.05 bits per heavy atom. The Kier molecular flexibility index (Phi) is 3.42. The molecular formula is C15H13NO2S. The normalized spacial score (nSPS) is 10.9. The molecule has 2 aromatic heterocycles. The number of hydrogen-bond acceptors (Lipinski definition) is 4. The summed E-state index contributed by atoms with van der Waals surface area (Å²) >= 11 is 1.78. The van der Waals surface area contributed by atoms with Crippen LogP contribution in [0.5, 0.6) is 5.75 Å². The van der Waals surface area contributed by atoms with E-state index in [4.69, 9.17) is 4.42 Å². The monoisotopic (exact) mass is 271 g/mol. The van der Waals surface area contributed by atoms with Crippen molar-refractivity contribution in [3.8, 4) is 5.75 Å². The molecule has 2 heterocycles. The minimum atomic E-state index is 0.232. The van der Waals surface area contributed by atoms with Crippen LogP contribution in [0.25, 0.3) is 10.9 Å². The van der Waals surface area contributed by atoms with Crippen molar-refractivity contribution in [1.29, 1.82) is 0 Å². The Hall–Kier alpha value is -1.94. The van der Waals surface area contributed by atoms with Crippen LogP contribution in [0, 0.1) is 0 Å². The third-order valence-electron chi connectivity index (χ3n) is 2.92. The maximum absolute atomic E-state index is 9.79. The first-order valence-corrected chi connectivity index (χ1v) is 7.16. The van der Waals surface area contributed by atoms with Crippen molar-refractivity contribution in [2.24, 2.45) is 0 Å². The number of aromatic hydroxyl groups is 1. The average molecular weight is 271 g/mol. The summed E-state index contributed by atoms with van der Waals surface area (Å²) in [4.78, 5) is 4.22. The predicted octanol–water partition coefficient (Wildman–Crippen LogP) is 3.97. The van der Waals surface area contributed by atoms with E-state index in [9.17, 15) is 5.11 Å². The van der Waals surface area contributed by atoms with Gasteiger partial charge in [0.2, 0.25) is 0 Å². The zero-order chi connectivity index (χ0) is 13.1. The lowest BCUT2D eigenvalue weighted by molar-refractivity contribution is 0.480. The SMILES string of the molecule is Oc1ccc(CSCc2ccco2)c2cccnc12. The lowest BCUT2D eigenvalue weighted by Gasteiger charge is -2.06. The molecule has 0 radical (unpaired) electrons. The lowest BCUT2D eigenvalue weighted by atomic mass is 10.1. The Labute approximate surface area is 115 Å². The molecule has 0 amide bonds. The van der Waals surface area contributed by atoms with Gasteiger partial charge in [0.25, 0.3) is 0 Å². The van der Waals surface area contributed by atoms with Crippen molar-refractivity contribution < 1.29 is 9.52 Å². The number of thioether (sulfide) groups is 1. The highest BCUT2D eigenvalue weighted by molar-refractivity contribution is 7.97. The van der Waals surface area contributed by atoms with Gasteiger partial charge in [-0.25, -0.2) is 0 Å². The molecule has 3 rings (SSSR count). The van der Waals surface area contributed by atoms with Gasteiger partial charge in [0.15, 0.2) is 0 Å². The molecule has 0 fully saturated rings. The van der Waals surface area contributed by atoms with Gasteiger partial charge >= 0.3 is 0 Å². The summed E-state index contributed by atoms with van der Waals surface area (Å²) < 4.78 is 5.30. The van der Waals surface area contributed by atoms with E-state index in [-0.39, 0.29) is 5.75 Å². The van der Waals surface area contributed by atoms with Crippen molar-refractivity contribution in [2.45, 2.75) is 11.5 Å². The smallest absolute Gasteiger partial charge is 0.141 e. The summed E-state index contributed by atoms with van der Waals surface area (Å²) in [7, 11) is 0. The Balaban J connectivity index is 1.79. The summed E-state index contributed by atoms with van der Waals surface area (Å²) in [6.45, 7) is 0. The zero-order valence-corrected chi connectivity index (χ0v) is 11.1. The van der Waals surface area contributed by atoms with Gasteiger partial charge in [-0.15, -0.1) is 11.8 Å². The molecule has 0 atom stereocenters. The van der Waals surface area contributed by atoms with E-state index in [1.807, 2.05) is 30.3 Å². The first-order valence-electron chi connectivity index (χ1n) is 6.00. The second-order valence-electron chi connectivity index (χ2n) is 4.22. The van der Waals surface area contributed by atoms with Gasteiger partial charge in [0, 0.05) is 17.3 Å². The summed E-state index contributed by atoms with van der Waals surface area (Å²) in [5.74, 6) is 2.92. The molecule has 96 valence electrons. The van der Waals surface area contributed by atoms with Crippen LogP contribution in [0.1, 0.15) is 11.3 Å². The number of benzene rings is 1. The Morgan fingerprint density at radius 3 is 2.89 bits per heavy atom. The largest absolute Gasteiger partial charge is 0.506 e. The van der Waals surface area contributed by atoms with Gasteiger partial charge in [-0.3, -0.25) is 4.98 Å². The third-order valence-corrected chi connectivity index (χ3v) is 3.92. The molecule has 0 unspecified atom stereocenters. The summed E-state index contributed by atoms with van der Waals surface area (Å²) in [5, 5.41) is 10.8. The van der Waals surface area contributed by atoms with Crippen LogP contribution in [-0.2, 0) is 11.5 Å². The maximum Gasteiger partial charge on any atom is 0.141 e. The number of rotatable bonds is 4.